The molecule has 6 rings (SSSR count). The number of fused-ring (bicyclic) bond motifs is 1. The number of carbonyl (C=O) groups is 1. The van der Waals surface area contributed by atoms with E-state index in [0.29, 0.717) is 21.6 Å². The summed E-state index contributed by atoms with van der Waals surface area (Å²) in [4.78, 5) is 17.4. The molecule has 6 aromatic rings. The largest absolute Gasteiger partial charge is 0.497 e. The summed E-state index contributed by atoms with van der Waals surface area (Å²) in [6.07, 6.45) is 1.78. The normalized spacial score (nSPS) is 11.9. The van der Waals surface area contributed by atoms with E-state index in [0.717, 1.165) is 33.5 Å². The molecule has 8 heteroatoms. The van der Waals surface area contributed by atoms with Crippen molar-refractivity contribution in [2.45, 2.75) is 10.4 Å². The minimum absolute atomic E-state index is 0.0211. The van der Waals surface area contributed by atoms with Crippen molar-refractivity contribution in [3.05, 3.63) is 125 Å². The molecule has 192 valence electrons. The third-order valence-corrected chi connectivity index (χ3v) is 8.02. The number of benzene rings is 4. The Morgan fingerprint density at radius 2 is 1.62 bits per heavy atom. The molecule has 0 unspecified atom stereocenters. The predicted molar refractivity (Wildman–Crippen MR) is 156 cm³/mol. The molecule has 0 fully saturated rings. The fourth-order valence-corrected chi connectivity index (χ4v) is 5.89. The number of carbonyl (C=O) groups excluding carboxylic acids is 1. The van der Waals surface area contributed by atoms with Crippen LogP contribution in [0.3, 0.4) is 0 Å². The number of hydrogen-bond acceptors (Lipinski definition) is 5. The highest BCUT2D eigenvalue weighted by Crippen LogP contribution is 2.41. The highest BCUT2D eigenvalue weighted by molar-refractivity contribution is 8.00. The first-order chi connectivity index (χ1) is 19.1. The van der Waals surface area contributed by atoms with Crippen molar-refractivity contribution in [1.82, 2.24) is 19.7 Å². The number of para-hydroxylation sites is 1. The molecule has 0 aliphatic carbocycles. The molecule has 0 spiro atoms. The Balaban J connectivity index is 1.49. The lowest BCUT2D eigenvalue weighted by molar-refractivity contribution is 0.0991. The van der Waals surface area contributed by atoms with Gasteiger partial charge in [0.1, 0.15) is 11.0 Å². The first-order valence-electron chi connectivity index (χ1n) is 12.3. The number of ketones is 1. The monoisotopic (exact) mass is 550 g/mol. The van der Waals surface area contributed by atoms with Crippen molar-refractivity contribution in [2.24, 2.45) is 0 Å². The zero-order chi connectivity index (χ0) is 26.8. The third-order valence-electron chi connectivity index (χ3n) is 6.50. The van der Waals surface area contributed by atoms with Gasteiger partial charge in [-0.1, -0.05) is 84.0 Å². The van der Waals surface area contributed by atoms with Crippen LogP contribution < -0.4 is 4.74 Å². The summed E-state index contributed by atoms with van der Waals surface area (Å²) in [6, 6.07) is 32.7. The Labute approximate surface area is 234 Å². The quantitative estimate of drug-likeness (QED) is 0.155. The molecular formula is C31H23ClN4O2S. The minimum Gasteiger partial charge on any atom is -0.497 e. The maximum Gasteiger partial charge on any atom is 0.197 e. The molecule has 6 nitrogen and oxygen atoms in total. The van der Waals surface area contributed by atoms with Gasteiger partial charge in [0.2, 0.25) is 0 Å². The minimum atomic E-state index is -0.564. The Kier molecular flexibility index (Phi) is 6.92. The van der Waals surface area contributed by atoms with Crippen LogP contribution in [-0.4, -0.2) is 32.6 Å². The molecule has 2 heterocycles. The average Bonchev–Trinajstić information content (AvgIpc) is 3.61. The molecule has 0 aliphatic heterocycles. The summed E-state index contributed by atoms with van der Waals surface area (Å²) in [5.41, 5.74) is 3.99. The zero-order valence-electron chi connectivity index (χ0n) is 20.9. The zero-order valence-corrected chi connectivity index (χ0v) is 22.5. The van der Waals surface area contributed by atoms with Crippen molar-refractivity contribution >= 4 is 40.0 Å². The number of Topliss-reactive ketones (excluding diaryl/α,β-unsaturated/α-hetero) is 1. The molecule has 1 N–H and O–H groups in total. The van der Waals surface area contributed by atoms with Crippen LogP contribution >= 0.6 is 23.4 Å². The second-order valence-corrected chi connectivity index (χ2v) is 10.3. The first kappa shape index (κ1) is 25.0. The van der Waals surface area contributed by atoms with Gasteiger partial charge in [0.25, 0.3) is 0 Å². The van der Waals surface area contributed by atoms with E-state index in [1.807, 2.05) is 108 Å². The van der Waals surface area contributed by atoms with Gasteiger partial charge in [-0.15, -0.1) is 10.2 Å². The number of nitrogens with zero attached hydrogens (tertiary/aromatic N) is 3. The number of halogens is 1. The van der Waals surface area contributed by atoms with E-state index in [1.165, 1.54) is 11.8 Å². The van der Waals surface area contributed by atoms with Gasteiger partial charge in [0.15, 0.2) is 16.8 Å². The Bertz CT molecular complexity index is 1760. The molecule has 0 bridgehead atoms. The number of hydrogen-bond donors (Lipinski definition) is 1. The number of rotatable bonds is 8. The van der Waals surface area contributed by atoms with E-state index in [1.54, 1.807) is 13.3 Å². The van der Waals surface area contributed by atoms with Gasteiger partial charge in [-0.05, 0) is 48.0 Å². The van der Waals surface area contributed by atoms with Crippen molar-refractivity contribution in [2.75, 3.05) is 7.11 Å². The van der Waals surface area contributed by atoms with Gasteiger partial charge in [-0.3, -0.25) is 9.36 Å². The SMILES string of the molecule is COc1ccc(-n2c(S[C@H](C(=O)c3c[nH]c4ccccc34)c3ccccc3)nnc2-c2ccccc2Cl)cc1. The Morgan fingerprint density at radius 1 is 0.897 bits per heavy atom. The number of aromatic amines is 1. The van der Waals surface area contributed by atoms with E-state index < -0.39 is 5.25 Å². The maximum absolute atomic E-state index is 14.2. The topological polar surface area (TPSA) is 72.8 Å². The average molecular weight is 551 g/mol. The standard InChI is InChI=1S/C31H23ClN4O2S/c1-38-22-17-15-21(16-18-22)36-30(24-12-5-7-13-26(24)32)34-35-31(36)39-29(20-9-3-2-4-10-20)28(37)25-19-33-27-14-8-6-11-23(25)27/h2-19,29,33H,1H3/t29-/m0/s1. The van der Waals surface area contributed by atoms with Crippen molar-refractivity contribution < 1.29 is 9.53 Å². The molecule has 0 radical (unpaired) electrons. The number of ether oxygens (including phenoxy) is 1. The van der Waals surface area contributed by atoms with Crippen LogP contribution in [0.2, 0.25) is 5.02 Å². The molecule has 2 aromatic heterocycles. The summed E-state index contributed by atoms with van der Waals surface area (Å²) >= 11 is 7.95. The first-order valence-corrected chi connectivity index (χ1v) is 13.6. The molecule has 0 saturated carbocycles. The van der Waals surface area contributed by atoms with Crippen LogP contribution in [0.15, 0.2) is 114 Å². The van der Waals surface area contributed by atoms with Gasteiger partial charge in [-0.2, -0.15) is 0 Å². The molecular weight excluding hydrogens is 528 g/mol. The van der Waals surface area contributed by atoms with Crippen LogP contribution in [-0.2, 0) is 0 Å². The maximum atomic E-state index is 14.2. The number of nitrogens with one attached hydrogen (secondary N) is 1. The van der Waals surface area contributed by atoms with E-state index in [4.69, 9.17) is 16.3 Å². The Hall–Kier alpha value is -4.33. The summed E-state index contributed by atoms with van der Waals surface area (Å²) in [6.45, 7) is 0. The number of H-pyrrole nitrogens is 1. The molecule has 1 atom stereocenters. The summed E-state index contributed by atoms with van der Waals surface area (Å²) in [5, 5.41) is 10.6. The molecule has 0 aliphatic rings. The fraction of sp³-hybridized carbons (Fsp3) is 0.0645. The number of thioether (sulfide) groups is 1. The summed E-state index contributed by atoms with van der Waals surface area (Å²) in [7, 11) is 1.63. The summed E-state index contributed by atoms with van der Waals surface area (Å²) < 4.78 is 7.30. The van der Waals surface area contributed by atoms with Crippen LogP contribution in [0.1, 0.15) is 21.2 Å². The van der Waals surface area contributed by atoms with E-state index >= 15 is 0 Å². The lowest BCUT2D eigenvalue weighted by Crippen LogP contribution is -2.11. The highest BCUT2D eigenvalue weighted by Gasteiger charge is 2.29. The van der Waals surface area contributed by atoms with Crippen LogP contribution in [0, 0.1) is 0 Å². The third kappa shape index (κ3) is 4.82. The number of aromatic nitrogens is 4. The van der Waals surface area contributed by atoms with E-state index in [9.17, 15) is 4.79 Å². The van der Waals surface area contributed by atoms with Gasteiger partial charge in [-0.25, -0.2) is 0 Å². The lowest BCUT2D eigenvalue weighted by atomic mass is 10.0. The smallest absolute Gasteiger partial charge is 0.197 e. The van der Waals surface area contributed by atoms with Crippen molar-refractivity contribution in [1.29, 1.82) is 0 Å². The van der Waals surface area contributed by atoms with Crippen LogP contribution in [0.5, 0.6) is 5.75 Å². The van der Waals surface area contributed by atoms with Crippen molar-refractivity contribution in [3.8, 4) is 22.8 Å². The van der Waals surface area contributed by atoms with Crippen LogP contribution in [0.25, 0.3) is 28.0 Å². The fourth-order valence-electron chi connectivity index (χ4n) is 4.55. The van der Waals surface area contributed by atoms with Crippen molar-refractivity contribution in [3.63, 3.8) is 0 Å². The highest BCUT2D eigenvalue weighted by atomic mass is 35.5. The molecule has 4 aromatic carbocycles. The summed E-state index contributed by atoms with van der Waals surface area (Å²) in [5.74, 6) is 1.30. The van der Waals surface area contributed by atoms with Gasteiger partial charge in [0, 0.05) is 33.9 Å². The van der Waals surface area contributed by atoms with Gasteiger partial charge >= 0.3 is 0 Å². The van der Waals surface area contributed by atoms with Gasteiger partial charge < -0.3 is 9.72 Å². The molecule has 39 heavy (non-hydrogen) atoms. The Morgan fingerprint density at radius 3 is 2.38 bits per heavy atom. The number of methoxy groups -OCH3 is 1. The second kappa shape index (κ2) is 10.8. The molecule has 0 saturated heterocycles. The van der Waals surface area contributed by atoms with E-state index in [2.05, 4.69) is 15.2 Å². The van der Waals surface area contributed by atoms with Gasteiger partial charge in [0.05, 0.1) is 12.1 Å². The molecule has 0 amide bonds. The second-order valence-electron chi connectivity index (χ2n) is 8.84. The predicted octanol–water partition coefficient (Wildman–Crippen LogP) is 7.79. The van der Waals surface area contributed by atoms with Crippen LogP contribution in [0.4, 0.5) is 0 Å². The van der Waals surface area contributed by atoms with E-state index in [-0.39, 0.29) is 5.78 Å². The lowest BCUT2D eigenvalue weighted by Gasteiger charge is -2.17.